The van der Waals surface area contributed by atoms with Crippen molar-refractivity contribution in [3.05, 3.63) is 12.2 Å². The monoisotopic (exact) mass is 645 g/mol. The molecule has 2 aromatic rings. The minimum Gasteiger partial charge on any atom is -0.479 e. The zero-order valence-corrected chi connectivity index (χ0v) is 27.4. The Kier molecular flexibility index (Phi) is 11.9. The normalized spacial score (nSPS) is 24.8. The summed E-state index contributed by atoms with van der Waals surface area (Å²) < 4.78 is 48.4. The summed E-state index contributed by atoms with van der Waals surface area (Å²) in [6, 6.07) is -1.13. The number of hydrogen-bond acceptors (Lipinski definition) is 14. The molecule has 3 N–H and O–H groups in total. The summed E-state index contributed by atoms with van der Waals surface area (Å²) in [5.41, 5.74) is -1.30. The summed E-state index contributed by atoms with van der Waals surface area (Å²) in [5.74, 6) is -0.930. The molecule has 0 saturated carbocycles. The van der Waals surface area contributed by atoms with Crippen molar-refractivity contribution in [2.45, 2.75) is 104 Å². The summed E-state index contributed by atoms with van der Waals surface area (Å²) in [7, 11) is -3.06. The molecule has 7 atom stereocenters. The van der Waals surface area contributed by atoms with Crippen LogP contribution >= 0.6 is 7.75 Å². The van der Waals surface area contributed by atoms with Gasteiger partial charge in [-0.2, -0.15) is 4.98 Å². The number of aromatic nitrogens is 4. The van der Waals surface area contributed by atoms with Crippen LogP contribution in [-0.2, 0) is 37.4 Å². The molecule has 1 aliphatic heterocycles. The zero-order chi connectivity index (χ0) is 33.0. The van der Waals surface area contributed by atoms with E-state index in [4.69, 9.17) is 28.0 Å². The van der Waals surface area contributed by atoms with Crippen molar-refractivity contribution in [1.29, 1.82) is 0 Å². The Labute approximate surface area is 256 Å². The van der Waals surface area contributed by atoms with Crippen molar-refractivity contribution in [2.75, 3.05) is 20.3 Å². The number of imidazole rings is 1. The lowest BCUT2D eigenvalue weighted by atomic mass is 9.96. The Morgan fingerprint density at radius 3 is 2.48 bits per heavy atom. The molecule has 44 heavy (non-hydrogen) atoms. The van der Waals surface area contributed by atoms with Crippen LogP contribution in [0.15, 0.2) is 6.33 Å². The topological polar surface area (TPSA) is 203 Å². The van der Waals surface area contributed by atoms with E-state index in [0.29, 0.717) is 11.3 Å². The van der Waals surface area contributed by atoms with Crippen LogP contribution in [0.5, 0.6) is 5.88 Å². The fourth-order valence-corrected chi connectivity index (χ4v) is 6.28. The van der Waals surface area contributed by atoms with Crippen molar-refractivity contribution in [1.82, 2.24) is 24.6 Å². The molecule has 1 aliphatic rings. The molecular weight excluding hydrogens is 601 g/mol. The van der Waals surface area contributed by atoms with E-state index in [1.165, 1.54) is 31.9 Å². The van der Waals surface area contributed by atoms with Crippen LogP contribution in [0.1, 0.15) is 66.9 Å². The molecule has 2 unspecified atom stereocenters. The van der Waals surface area contributed by atoms with Gasteiger partial charge in [0.15, 0.2) is 23.5 Å². The van der Waals surface area contributed by atoms with Gasteiger partial charge in [0.25, 0.3) is 0 Å². The number of aliphatic hydroxyl groups is 2. The van der Waals surface area contributed by atoms with Crippen LogP contribution in [0.2, 0.25) is 0 Å². The van der Waals surface area contributed by atoms with Gasteiger partial charge in [0, 0.05) is 0 Å². The molecule has 0 radical (unpaired) electrons. The molecule has 0 amide bonds. The average molecular weight is 646 g/mol. The molecule has 0 aliphatic carbocycles. The summed E-state index contributed by atoms with van der Waals surface area (Å²) in [6.45, 7) is 12.5. The van der Waals surface area contributed by atoms with Gasteiger partial charge in [-0.15, -0.1) is 0 Å². The highest BCUT2D eigenvalue weighted by atomic mass is 31.2. The second kappa shape index (κ2) is 14.6. The van der Waals surface area contributed by atoms with Gasteiger partial charge in [-0.25, -0.2) is 24.4 Å². The first-order chi connectivity index (χ1) is 20.5. The number of fused-ring (bicyclic) bond motifs is 1. The first kappa shape index (κ1) is 35.8. The highest BCUT2D eigenvalue weighted by molar-refractivity contribution is 7.51. The predicted octanol–water partition coefficient (Wildman–Crippen LogP) is 2.20. The van der Waals surface area contributed by atoms with Crippen molar-refractivity contribution in [3.8, 4) is 5.88 Å². The first-order valence-electron chi connectivity index (χ1n) is 14.4. The van der Waals surface area contributed by atoms with Gasteiger partial charge < -0.3 is 29.2 Å². The highest BCUT2D eigenvalue weighted by Crippen LogP contribution is 2.48. The number of esters is 2. The number of aryl methyl sites for hydroxylation is 1. The van der Waals surface area contributed by atoms with Gasteiger partial charge >= 0.3 is 19.7 Å². The second-order valence-electron chi connectivity index (χ2n) is 11.4. The lowest BCUT2D eigenvalue weighted by Gasteiger charge is -2.28. The maximum absolute atomic E-state index is 14.1. The molecule has 0 bridgehead atoms. The molecule has 0 aromatic carbocycles. The second-order valence-corrected chi connectivity index (χ2v) is 13.1. The van der Waals surface area contributed by atoms with Crippen LogP contribution in [0.25, 0.3) is 11.2 Å². The maximum atomic E-state index is 14.1. The molecule has 3 rings (SSSR count). The maximum Gasteiger partial charge on any atom is 0.407 e. The predicted molar refractivity (Wildman–Crippen MR) is 155 cm³/mol. The van der Waals surface area contributed by atoms with E-state index in [-0.39, 0.29) is 30.5 Å². The number of hydrogen-bond donors (Lipinski definition) is 3. The molecular formula is C27H44N5O11P. The molecule has 1 fully saturated rings. The third-order valence-electron chi connectivity index (χ3n) is 6.68. The Bertz CT molecular complexity index is 1350. The van der Waals surface area contributed by atoms with Gasteiger partial charge in [-0.05, 0) is 53.9 Å². The number of carbonyl (C=O) groups excluding carboxylic acids is 2. The lowest BCUT2D eigenvalue weighted by molar-refractivity contribution is -0.151. The molecule has 3 heterocycles. The lowest BCUT2D eigenvalue weighted by Crippen LogP contribution is -2.45. The van der Waals surface area contributed by atoms with Crippen LogP contribution in [-0.4, -0.2) is 98.1 Å². The number of nitrogens with zero attached hydrogens (tertiary/aromatic N) is 4. The minimum atomic E-state index is -4.50. The van der Waals surface area contributed by atoms with Crippen molar-refractivity contribution in [2.24, 2.45) is 5.92 Å². The minimum absolute atomic E-state index is 0.0324. The third-order valence-corrected chi connectivity index (χ3v) is 8.39. The zero-order valence-electron chi connectivity index (χ0n) is 26.5. The molecule has 1 saturated heterocycles. The van der Waals surface area contributed by atoms with E-state index in [1.807, 2.05) is 13.8 Å². The number of methoxy groups -OCH3 is 1. The summed E-state index contributed by atoms with van der Waals surface area (Å²) >= 11 is 0. The number of carbonyl (C=O) groups is 2. The van der Waals surface area contributed by atoms with E-state index in [9.17, 15) is 24.4 Å². The Hall–Kier alpha value is -2.72. The van der Waals surface area contributed by atoms with Crippen molar-refractivity contribution < 1.29 is 52.4 Å². The molecule has 17 heteroatoms. The van der Waals surface area contributed by atoms with Crippen molar-refractivity contribution >= 4 is 30.8 Å². The van der Waals surface area contributed by atoms with Gasteiger partial charge in [0.2, 0.25) is 5.88 Å². The number of nitrogens with one attached hydrogen (secondary N) is 1. The van der Waals surface area contributed by atoms with Gasteiger partial charge in [-0.3, -0.25) is 18.4 Å². The fourth-order valence-electron chi connectivity index (χ4n) is 4.64. The largest absolute Gasteiger partial charge is 0.479 e. The van der Waals surface area contributed by atoms with Crippen LogP contribution in [0, 0.1) is 12.8 Å². The standard InChI is InChI=1S/C27H44N5O11P/c1-10-39-24(34)16(6)43-44(37,31-18(11-14(2)3)25(35)41-15(4)5)40-12-19-21(33)27(8,36)26(42-19)32-13-28-20-22(32)29-17(7)30-23(20)38-9/h13-16,18-19,21,26,33,36H,10-12H2,1-9H3,(H,31,37)/t16-,18+,19-,21?,26-,27+,44?/m1/s1. The summed E-state index contributed by atoms with van der Waals surface area (Å²) in [5, 5.41) is 25.0. The highest BCUT2D eigenvalue weighted by Gasteiger charge is 2.54. The number of aliphatic hydroxyl groups excluding tert-OH is 1. The quantitative estimate of drug-likeness (QED) is 0.188. The van der Waals surface area contributed by atoms with E-state index in [2.05, 4.69) is 20.0 Å². The SMILES string of the molecule is CCOC(=O)[C@@H](C)OP(=O)(N[C@@H](CC(C)C)C(=O)OC(C)C)OC[C@H]1O[C@@H](n2cnc3c(OC)nc(C)nc32)[C@@](C)(O)C1O. The average Bonchev–Trinajstić information content (AvgIpc) is 3.43. The van der Waals surface area contributed by atoms with E-state index < -0.39 is 68.6 Å². The van der Waals surface area contributed by atoms with E-state index in [1.54, 1.807) is 27.7 Å². The molecule has 16 nitrogen and oxygen atoms in total. The van der Waals surface area contributed by atoms with Gasteiger partial charge in [-0.1, -0.05) is 13.8 Å². The smallest absolute Gasteiger partial charge is 0.407 e. The Morgan fingerprint density at radius 1 is 1.20 bits per heavy atom. The first-order valence-corrected chi connectivity index (χ1v) is 16.0. The summed E-state index contributed by atoms with van der Waals surface area (Å²) in [4.78, 5) is 38.1. The Balaban J connectivity index is 1.89. The van der Waals surface area contributed by atoms with E-state index in [0.717, 1.165) is 0 Å². The Morgan fingerprint density at radius 2 is 1.89 bits per heavy atom. The fraction of sp³-hybridized carbons (Fsp3) is 0.741. The van der Waals surface area contributed by atoms with Crippen LogP contribution in [0.4, 0.5) is 0 Å². The summed E-state index contributed by atoms with van der Waals surface area (Å²) in [6.07, 6.45) is -4.25. The third kappa shape index (κ3) is 8.30. The number of ether oxygens (including phenoxy) is 4. The van der Waals surface area contributed by atoms with Gasteiger partial charge in [0.05, 0.1) is 32.8 Å². The van der Waals surface area contributed by atoms with Crippen molar-refractivity contribution in [3.63, 3.8) is 0 Å². The molecule has 248 valence electrons. The van der Waals surface area contributed by atoms with Crippen LogP contribution < -0.4 is 9.82 Å². The molecule has 0 spiro atoms. The number of rotatable bonds is 15. The molecule has 2 aromatic heterocycles. The van der Waals surface area contributed by atoms with Crippen LogP contribution in [0.3, 0.4) is 0 Å². The van der Waals surface area contributed by atoms with Gasteiger partial charge in [0.1, 0.15) is 29.7 Å². The van der Waals surface area contributed by atoms with E-state index >= 15 is 0 Å².